The van der Waals surface area contributed by atoms with Gasteiger partial charge in [0.1, 0.15) is 11.9 Å². The van der Waals surface area contributed by atoms with E-state index in [9.17, 15) is 9.59 Å². The maximum Gasteiger partial charge on any atom is 0.408 e. The Morgan fingerprint density at radius 1 is 1.20 bits per heavy atom. The molecule has 1 N–H and O–H groups in total. The predicted octanol–water partition coefficient (Wildman–Crippen LogP) is 3.69. The molecule has 0 heterocycles. The zero-order valence-electron chi connectivity index (χ0n) is 13.5. The molecule has 1 amide bonds. The lowest BCUT2D eigenvalue weighted by atomic mass is 9.72. The first-order valence-electron chi connectivity index (χ1n) is 7.67. The standard InChI is InChI=1S/C16H29NO3/c1-6-12-7-9-13(10-8-12)16(5,11-18)17-14(19)20-15(2,3)4/h11-13H,6-10H2,1-5H3,(H,17,19). The summed E-state index contributed by atoms with van der Waals surface area (Å²) in [5.74, 6) is 0.971. The Morgan fingerprint density at radius 2 is 1.75 bits per heavy atom. The second-order valence-electron chi connectivity index (χ2n) is 7.15. The molecule has 0 aromatic heterocycles. The molecule has 1 atom stereocenters. The highest BCUT2D eigenvalue weighted by Gasteiger charge is 2.38. The molecule has 1 aliphatic rings. The molecule has 0 radical (unpaired) electrons. The van der Waals surface area contributed by atoms with Crippen LogP contribution >= 0.6 is 0 Å². The number of carbonyl (C=O) groups is 2. The average Bonchev–Trinajstić information content (AvgIpc) is 2.36. The number of amides is 1. The maximum absolute atomic E-state index is 11.9. The van der Waals surface area contributed by atoms with E-state index in [4.69, 9.17) is 4.74 Å². The van der Waals surface area contributed by atoms with E-state index in [1.54, 1.807) is 6.92 Å². The Balaban J connectivity index is 2.63. The van der Waals surface area contributed by atoms with E-state index in [1.165, 1.54) is 6.42 Å². The average molecular weight is 283 g/mol. The molecule has 1 saturated carbocycles. The summed E-state index contributed by atoms with van der Waals surface area (Å²) in [5, 5.41) is 2.77. The summed E-state index contributed by atoms with van der Waals surface area (Å²) in [4.78, 5) is 23.4. The SMILES string of the molecule is CCC1CCC(C(C)(C=O)NC(=O)OC(C)(C)C)CC1. The quantitative estimate of drug-likeness (QED) is 0.801. The Kier molecular flexibility index (Phi) is 5.60. The van der Waals surface area contributed by atoms with E-state index in [2.05, 4.69) is 12.2 Å². The lowest BCUT2D eigenvalue weighted by Gasteiger charge is -2.38. The van der Waals surface area contributed by atoms with E-state index < -0.39 is 17.2 Å². The first kappa shape index (κ1) is 17.0. The molecule has 0 bridgehead atoms. The van der Waals surface area contributed by atoms with Gasteiger partial charge in [0.15, 0.2) is 0 Å². The molecule has 0 aliphatic heterocycles. The van der Waals surface area contributed by atoms with Crippen molar-refractivity contribution in [1.29, 1.82) is 0 Å². The minimum atomic E-state index is -0.818. The van der Waals surface area contributed by atoms with Crippen LogP contribution in [0.15, 0.2) is 0 Å². The topological polar surface area (TPSA) is 55.4 Å². The van der Waals surface area contributed by atoms with Crippen molar-refractivity contribution in [3.8, 4) is 0 Å². The van der Waals surface area contributed by atoms with Gasteiger partial charge >= 0.3 is 6.09 Å². The Labute approximate surface area is 122 Å². The minimum absolute atomic E-state index is 0.204. The molecule has 1 rings (SSSR count). The monoisotopic (exact) mass is 283 g/mol. The first-order chi connectivity index (χ1) is 9.20. The number of carbonyl (C=O) groups excluding carboxylic acids is 2. The van der Waals surface area contributed by atoms with Crippen molar-refractivity contribution in [3.63, 3.8) is 0 Å². The van der Waals surface area contributed by atoms with Crippen LogP contribution in [-0.4, -0.2) is 23.5 Å². The second kappa shape index (κ2) is 6.59. The van der Waals surface area contributed by atoms with Gasteiger partial charge in [-0.3, -0.25) is 0 Å². The van der Waals surface area contributed by atoms with Crippen LogP contribution in [0.3, 0.4) is 0 Å². The number of rotatable bonds is 4. The normalized spacial score (nSPS) is 26.4. The Hall–Kier alpha value is -1.06. The number of ether oxygens (including phenoxy) is 1. The summed E-state index contributed by atoms with van der Waals surface area (Å²) in [6.45, 7) is 9.47. The van der Waals surface area contributed by atoms with Gasteiger partial charge in [0.05, 0.1) is 5.54 Å². The second-order valence-corrected chi connectivity index (χ2v) is 7.15. The third-order valence-corrected chi connectivity index (χ3v) is 4.29. The molecule has 20 heavy (non-hydrogen) atoms. The lowest BCUT2D eigenvalue weighted by molar-refractivity contribution is -0.115. The zero-order chi connectivity index (χ0) is 15.4. The largest absolute Gasteiger partial charge is 0.444 e. The molecule has 4 nitrogen and oxygen atoms in total. The van der Waals surface area contributed by atoms with Crippen LogP contribution in [0.2, 0.25) is 0 Å². The van der Waals surface area contributed by atoms with E-state index in [1.807, 2.05) is 20.8 Å². The fraction of sp³-hybridized carbons (Fsp3) is 0.875. The van der Waals surface area contributed by atoms with Crippen LogP contribution in [0.5, 0.6) is 0 Å². The zero-order valence-corrected chi connectivity index (χ0v) is 13.5. The third-order valence-electron chi connectivity index (χ3n) is 4.29. The predicted molar refractivity (Wildman–Crippen MR) is 79.6 cm³/mol. The smallest absolute Gasteiger partial charge is 0.408 e. The van der Waals surface area contributed by atoms with Crippen LogP contribution in [-0.2, 0) is 9.53 Å². The highest BCUT2D eigenvalue weighted by molar-refractivity contribution is 5.76. The van der Waals surface area contributed by atoms with Crippen molar-refractivity contribution in [2.24, 2.45) is 11.8 Å². The van der Waals surface area contributed by atoms with Crippen molar-refractivity contribution in [2.45, 2.75) is 77.9 Å². The summed E-state index contributed by atoms with van der Waals surface area (Å²) in [7, 11) is 0. The minimum Gasteiger partial charge on any atom is -0.444 e. The molecule has 1 aliphatic carbocycles. The van der Waals surface area contributed by atoms with Gasteiger partial charge < -0.3 is 14.8 Å². The van der Waals surface area contributed by atoms with Gasteiger partial charge in [0, 0.05) is 0 Å². The van der Waals surface area contributed by atoms with E-state index in [0.29, 0.717) is 0 Å². The number of hydrogen-bond donors (Lipinski definition) is 1. The third kappa shape index (κ3) is 4.80. The lowest BCUT2D eigenvalue weighted by Crippen LogP contribution is -2.54. The molecular weight excluding hydrogens is 254 g/mol. The Morgan fingerprint density at radius 3 is 2.15 bits per heavy atom. The van der Waals surface area contributed by atoms with Crippen molar-refractivity contribution >= 4 is 12.4 Å². The van der Waals surface area contributed by atoms with E-state index in [0.717, 1.165) is 37.9 Å². The molecule has 0 aromatic carbocycles. The van der Waals surface area contributed by atoms with Gasteiger partial charge in [-0.1, -0.05) is 26.2 Å². The van der Waals surface area contributed by atoms with Gasteiger partial charge in [0.2, 0.25) is 0 Å². The van der Waals surface area contributed by atoms with Gasteiger partial charge in [-0.15, -0.1) is 0 Å². The van der Waals surface area contributed by atoms with Crippen molar-refractivity contribution < 1.29 is 14.3 Å². The van der Waals surface area contributed by atoms with E-state index in [-0.39, 0.29) is 5.92 Å². The number of alkyl carbamates (subject to hydrolysis) is 1. The van der Waals surface area contributed by atoms with E-state index >= 15 is 0 Å². The van der Waals surface area contributed by atoms with Crippen LogP contribution in [0.25, 0.3) is 0 Å². The van der Waals surface area contributed by atoms with Crippen molar-refractivity contribution in [2.75, 3.05) is 0 Å². The van der Waals surface area contributed by atoms with Gasteiger partial charge in [-0.2, -0.15) is 0 Å². The number of nitrogens with one attached hydrogen (secondary N) is 1. The molecule has 1 unspecified atom stereocenters. The summed E-state index contributed by atoms with van der Waals surface area (Å²) < 4.78 is 5.26. The van der Waals surface area contributed by atoms with Gasteiger partial charge in [0.25, 0.3) is 0 Å². The van der Waals surface area contributed by atoms with Crippen LogP contribution in [0, 0.1) is 11.8 Å². The fourth-order valence-corrected chi connectivity index (χ4v) is 2.92. The van der Waals surface area contributed by atoms with Gasteiger partial charge in [-0.25, -0.2) is 4.79 Å². The van der Waals surface area contributed by atoms with Crippen LogP contribution in [0.4, 0.5) is 4.79 Å². The molecule has 1 fully saturated rings. The van der Waals surface area contributed by atoms with Gasteiger partial charge in [-0.05, 0) is 52.4 Å². The molecular formula is C16H29NO3. The van der Waals surface area contributed by atoms with Crippen molar-refractivity contribution in [3.05, 3.63) is 0 Å². The fourth-order valence-electron chi connectivity index (χ4n) is 2.92. The summed E-state index contributed by atoms with van der Waals surface area (Å²) >= 11 is 0. The number of hydrogen-bond acceptors (Lipinski definition) is 3. The summed E-state index contributed by atoms with van der Waals surface area (Å²) in [6.07, 6.45) is 5.82. The first-order valence-corrected chi connectivity index (χ1v) is 7.67. The molecule has 116 valence electrons. The van der Waals surface area contributed by atoms with Crippen LogP contribution in [0.1, 0.15) is 66.7 Å². The highest BCUT2D eigenvalue weighted by atomic mass is 16.6. The van der Waals surface area contributed by atoms with Crippen molar-refractivity contribution in [1.82, 2.24) is 5.32 Å². The molecule has 4 heteroatoms. The molecule has 0 saturated heterocycles. The number of aldehydes is 1. The maximum atomic E-state index is 11.9. The summed E-state index contributed by atoms with van der Waals surface area (Å²) in [6, 6.07) is 0. The Bertz CT molecular complexity index is 340. The highest BCUT2D eigenvalue weighted by Crippen LogP contribution is 2.36. The molecule has 0 aromatic rings. The van der Waals surface area contributed by atoms with Crippen LogP contribution < -0.4 is 5.32 Å². The summed E-state index contributed by atoms with van der Waals surface area (Å²) in [5.41, 5.74) is -1.37. The molecule has 0 spiro atoms.